The number of aliphatic hydroxyl groups excluding tert-OH is 1. The molecule has 1 amide bonds. The Hall–Kier alpha value is -2.55. The molecule has 1 fully saturated rings. The van der Waals surface area contributed by atoms with Gasteiger partial charge >= 0.3 is 0 Å². The van der Waals surface area contributed by atoms with Gasteiger partial charge in [-0.05, 0) is 55.2 Å². The summed E-state index contributed by atoms with van der Waals surface area (Å²) in [6, 6.07) is 17.3. The summed E-state index contributed by atoms with van der Waals surface area (Å²) in [5, 5.41) is 11.3. The summed E-state index contributed by atoms with van der Waals surface area (Å²) in [5.41, 5.74) is 2.76. The summed E-state index contributed by atoms with van der Waals surface area (Å²) in [5.74, 6) is -0.968. The zero-order valence-electron chi connectivity index (χ0n) is 21.2. The maximum Gasteiger partial charge on any atom is 0.228 e. The summed E-state index contributed by atoms with van der Waals surface area (Å²) in [7, 11) is -3.32. The minimum atomic E-state index is -3.32. The van der Waals surface area contributed by atoms with Gasteiger partial charge in [0, 0.05) is 26.1 Å². The molecule has 0 unspecified atom stereocenters. The number of Topliss-reactive ketones (excluding diaryl/α,β-unsaturated/α-hetero) is 1. The molecule has 0 spiro atoms. The van der Waals surface area contributed by atoms with Crippen molar-refractivity contribution in [2.75, 3.05) is 12.3 Å². The molecule has 2 aromatic rings. The summed E-state index contributed by atoms with van der Waals surface area (Å²) in [4.78, 5) is 27.2. The molecule has 1 saturated heterocycles. The van der Waals surface area contributed by atoms with Crippen LogP contribution in [-0.2, 0) is 39.1 Å². The standard InChI is InChI=1S/C28H38N2O5S/c1-3-15-36(34,35)29-19-24-12-7-11-23(17-24)18-25(16-21(2)31)27(32)26-13-8-14-30(28(26)33)20-22-9-5-4-6-10-22/h4-7,9-12,17,25-27,29,32H,3,8,13-16,18-20H2,1-2H3/t25-,26-,27-/m0/s1. The Morgan fingerprint density at radius 2 is 1.81 bits per heavy atom. The third kappa shape index (κ3) is 8.25. The average Bonchev–Trinajstić information content (AvgIpc) is 2.84. The predicted molar refractivity (Wildman–Crippen MR) is 140 cm³/mol. The molecule has 0 aromatic heterocycles. The van der Waals surface area contributed by atoms with Crippen molar-refractivity contribution in [3.63, 3.8) is 0 Å². The first-order chi connectivity index (χ1) is 17.2. The predicted octanol–water partition coefficient (Wildman–Crippen LogP) is 3.45. The number of sulfonamides is 1. The lowest BCUT2D eigenvalue weighted by Crippen LogP contribution is -2.47. The highest BCUT2D eigenvalue weighted by Crippen LogP contribution is 2.30. The molecule has 36 heavy (non-hydrogen) atoms. The lowest BCUT2D eigenvalue weighted by Gasteiger charge is -2.37. The lowest BCUT2D eigenvalue weighted by molar-refractivity contribution is -0.146. The van der Waals surface area contributed by atoms with Crippen LogP contribution in [0.2, 0.25) is 0 Å². The summed E-state index contributed by atoms with van der Waals surface area (Å²) < 4.78 is 26.6. The Morgan fingerprint density at radius 1 is 1.11 bits per heavy atom. The van der Waals surface area contributed by atoms with E-state index in [1.807, 2.05) is 61.5 Å². The van der Waals surface area contributed by atoms with Crippen LogP contribution < -0.4 is 4.72 Å². The summed E-state index contributed by atoms with van der Waals surface area (Å²) in [6.07, 6.45) is 1.62. The van der Waals surface area contributed by atoms with Crippen LogP contribution >= 0.6 is 0 Å². The molecule has 0 aliphatic carbocycles. The van der Waals surface area contributed by atoms with Gasteiger partial charge in [0.25, 0.3) is 0 Å². The van der Waals surface area contributed by atoms with E-state index >= 15 is 0 Å². The third-order valence-electron chi connectivity index (χ3n) is 6.69. The molecule has 2 N–H and O–H groups in total. The van der Waals surface area contributed by atoms with E-state index in [0.717, 1.165) is 23.1 Å². The van der Waals surface area contributed by atoms with Crippen LogP contribution in [0.1, 0.15) is 56.2 Å². The van der Waals surface area contributed by atoms with Crippen LogP contribution in [0.5, 0.6) is 0 Å². The number of hydrogen-bond acceptors (Lipinski definition) is 5. The van der Waals surface area contributed by atoms with Crippen LogP contribution in [0.3, 0.4) is 0 Å². The van der Waals surface area contributed by atoms with E-state index in [-0.39, 0.29) is 30.4 Å². The number of carbonyl (C=O) groups excluding carboxylic acids is 2. The molecule has 196 valence electrons. The molecule has 1 aliphatic heterocycles. The fraction of sp³-hybridized carbons (Fsp3) is 0.500. The lowest BCUT2D eigenvalue weighted by atomic mass is 9.79. The molecule has 2 aromatic carbocycles. The first-order valence-electron chi connectivity index (χ1n) is 12.7. The van der Waals surface area contributed by atoms with Crippen LogP contribution in [0.15, 0.2) is 54.6 Å². The van der Waals surface area contributed by atoms with Crippen molar-refractivity contribution in [1.29, 1.82) is 0 Å². The van der Waals surface area contributed by atoms with Gasteiger partial charge in [-0.2, -0.15) is 0 Å². The van der Waals surface area contributed by atoms with Gasteiger partial charge in [0.1, 0.15) is 5.78 Å². The SMILES string of the molecule is CCCS(=O)(=O)NCc1cccc(C[C@H](CC(C)=O)[C@H](O)[C@@H]2CCCN(Cc3ccccc3)C2=O)c1. The van der Waals surface area contributed by atoms with Gasteiger partial charge in [-0.15, -0.1) is 0 Å². The second kappa shape index (κ2) is 13.1. The zero-order valence-corrected chi connectivity index (χ0v) is 22.0. The van der Waals surface area contributed by atoms with Crippen molar-refractivity contribution in [3.05, 3.63) is 71.3 Å². The summed E-state index contributed by atoms with van der Waals surface area (Å²) >= 11 is 0. The number of amides is 1. The normalized spacial score (nSPS) is 18.1. The van der Waals surface area contributed by atoms with Crippen molar-refractivity contribution in [2.45, 2.75) is 65.1 Å². The maximum atomic E-state index is 13.3. The highest BCUT2D eigenvalue weighted by Gasteiger charge is 2.38. The summed E-state index contributed by atoms with van der Waals surface area (Å²) in [6.45, 7) is 4.67. The van der Waals surface area contributed by atoms with Crippen molar-refractivity contribution in [1.82, 2.24) is 9.62 Å². The van der Waals surface area contributed by atoms with E-state index in [4.69, 9.17) is 0 Å². The minimum Gasteiger partial charge on any atom is -0.392 e. The number of likely N-dealkylation sites (tertiary alicyclic amines) is 1. The van der Waals surface area contributed by atoms with E-state index < -0.39 is 28.0 Å². The Morgan fingerprint density at radius 3 is 2.50 bits per heavy atom. The quantitative estimate of drug-likeness (QED) is 0.426. The molecule has 3 rings (SSSR count). The Bertz CT molecular complexity index is 1120. The first kappa shape index (κ1) is 28.0. The molecule has 8 heteroatoms. The van der Waals surface area contributed by atoms with Gasteiger partial charge in [-0.25, -0.2) is 13.1 Å². The molecular weight excluding hydrogens is 476 g/mol. The first-order valence-corrected chi connectivity index (χ1v) is 14.4. The topological polar surface area (TPSA) is 104 Å². The average molecular weight is 515 g/mol. The van der Waals surface area contributed by atoms with E-state index in [1.54, 1.807) is 4.90 Å². The second-order valence-electron chi connectivity index (χ2n) is 9.81. The van der Waals surface area contributed by atoms with Gasteiger partial charge in [0.15, 0.2) is 0 Å². The van der Waals surface area contributed by atoms with Gasteiger partial charge in [0.2, 0.25) is 15.9 Å². The maximum absolute atomic E-state index is 13.3. The van der Waals surface area contributed by atoms with Gasteiger partial charge in [0.05, 0.1) is 17.8 Å². The highest BCUT2D eigenvalue weighted by atomic mass is 32.2. The van der Waals surface area contributed by atoms with Gasteiger partial charge in [-0.3, -0.25) is 4.79 Å². The molecule has 1 heterocycles. The number of hydrogen-bond donors (Lipinski definition) is 2. The fourth-order valence-corrected chi connectivity index (χ4v) is 6.03. The third-order valence-corrected chi connectivity index (χ3v) is 8.22. The zero-order chi connectivity index (χ0) is 26.1. The molecule has 1 aliphatic rings. The smallest absolute Gasteiger partial charge is 0.228 e. The molecule has 7 nitrogen and oxygen atoms in total. The van der Waals surface area contributed by atoms with Crippen LogP contribution in [0, 0.1) is 11.8 Å². The number of carbonyl (C=O) groups is 2. The van der Waals surface area contributed by atoms with Crippen molar-refractivity contribution >= 4 is 21.7 Å². The number of ketones is 1. The number of rotatable bonds is 13. The van der Waals surface area contributed by atoms with E-state index in [2.05, 4.69) is 4.72 Å². The number of piperidine rings is 1. The van der Waals surface area contributed by atoms with Crippen molar-refractivity contribution in [3.8, 4) is 0 Å². The van der Waals surface area contributed by atoms with Gasteiger partial charge in [-0.1, -0.05) is 61.5 Å². The number of nitrogens with one attached hydrogen (secondary N) is 1. The van der Waals surface area contributed by atoms with E-state index in [9.17, 15) is 23.1 Å². The number of benzene rings is 2. The van der Waals surface area contributed by atoms with Crippen molar-refractivity contribution in [2.24, 2.45) is 11.8 Å². The van der Waals surface area contributed by atoms with E-state index in [1.165, 1.54) is 6.92 Å². The molecule has 0 bridgehead atoms. The minimum absolute atomic E-state index is 0.0352. The number of aliphatic hydroxyl groups is 1. The fourth-order valence-electron chi connectivity index (χ4n) is 4.96. The molecule has 0 radical (unpaired) electrons. The Balaban J connectivity index is 1.71. The van der Waals surface area contributed by atoms with Gasteiger partial charge < -0.3 is 14.8 Å². The van der Waals surface area contributed by atoms with Crippen LogP contribution in [0.25, 0.3) is 0 Å². The Labute approximate surface area is 215 Å². The largest absolute Gasteiger partial charge is 0.392 e. The monoisotopic (exact) mass is 514 g/mol. The second-order valence-corrected chi connectivity index (χ2v) is 11.7. The molecular formula is C28H38N2O5S. The Kier molecular flexibility index (Phi) is 10.2. The molecule has 3 atom stereocenters. The van der Waals surface area contributed by atoms with Crippen LogP contribution in [-0.4, -0.2) is 48.5 Å². The number of nitrogens with zero attached hydrogens (tertiary/aromatic N) is 1. The highest BCUT2D eigenvalue weighted by molar-refractivity contribution is 7.89. The van der Waals surface area contributed by atoms with E-state index in [0.29, 0.717) is 32.4 Å². The van der Waals surface area contributed by atoms with Crippen molar-refractivity contribution < 1.29 is 23.1 Å². The molecule has 0 saturated carbocycles. The van der Waals surface area contributed by atoms with Crippen LogP contribution in [0.4, 0.5) is 0 Å².